The number of hydrogen-bond donors (Lipinski definition) is 2. The van der Waals surface area contributed by atoms with Gasteiger partial charge >= 0.3 is 7.12 Å². The van der Waals surface area contributed by atoms with Gasteiger partial charge in [0.2, 0.25) is 10.0 Å². The first-order chi connectivity index (χ1) is 11.4. The molecular formula is C17H26BNO5S. The molecule has 0 unspecified atom stereocenters. The fraction of sp³-hybridized carbons (Fsp3) is 0.647. The Morgan fingerprint density at radius 2 is 1.72 bits per heavy atom. The highest BCUT2D eigenvalue weighted by Crippen LogP contribution is 2.36. The Labute approximate surface area is 150 Å². The summed E-state index contributed by atoms with van der Waals surface area (Å²) in [4.78, 5) is 0.184. The molecule has 1 aromatic carbocycles. The summed E-state index contributed by atoms with van der Waals surface area (Å²) in [5.41, 5.74) is 0.658. The van der Waals surface area contributed by atoms with Crippen molar-refractivity contribution in [3.63, 3.8) is 0 Å². The largest absolute Gasteiger partial charge is 0.495 e. The first kappa shape index (κ1) is 18.9. The van der Waals surface area contributed by atoms with E-state index >= 15 is 0 Å². The van der Waals surface area contributed by atoms with Crippen molar-refractivity contribution in [3.8, 4) is 0 Å². The van der Waals surface area contributed by atoms with E-state index in [0.717, 1.165) is 11.0 Å². The first-order valence-electron chi connectivity index (χ1n) is 8.58. The minimum absolute atomic E-state index is 0.184. The van der Waals surface area contributed by atoms with Gasteiger partial charge in [0.15, 0.2) is 0 Å². The van der Waals surface area contributed by atoms with Crippen LogP contribution in [0.2, 0.25) is 0 Å². The average molecular weight is 367 g/mol. The molecular weight excluding hydrogens is 341 g/mol. The fourth-order valence-electron chi connectivity index (χ4n) is 2.98. The van der Waals surface area contributed by atoms with Gasteiger partial charge in [-0.15, -0.1) is 0 Å². The summed E-state index contributed by atoms with van der Waals surface area (Å²) in [6.07, 6.45) is 0.496. The Hall–Kier alpha value is -0.925. The van der Waals surface area contributed by atoms with Gasteiger partial charge in [0.1, 0.15) is 0 Å². The second kappa shape index (κ2) is 6.06. The van der Waals surface area contributed by atoms with Crippen molar-refractivity contribution in [1.29, 1.82) is 0 Å². The smallest absolute Gasteiger partial charge is 0.399 e. The zero-order valence-corrected chi connectivity index (χ0v) is 16.2. The van der Waals surface area contributed by atoms with Gasteiger partial charge in [-0.2, -0.15) is 0 Å². The zero-order chi connectivity index (χ0) is 18.6. The molecule has 0 atom stereocenters. The Morgan fingerprint density at radius 3 is 2.24 bits per heavy atom. The molecule has 2 N–H and O–H groups in total. The van der Waals surface area contributed by atoms with Gasteiger partial charge in [0, 0.05) is 6.04 Å². The molecule has 3 rings (SSSR count). The van der Waals surface area contributed by atoms with Gasteiger partial charge in [0.05, 0.1) is 22.2 Å². The van der Waals surface area contributed by atoms with Crippen molar-refractivity contribution in [1.82, 2.24) is 4.72 Å². The highest BCUT2D eigenvalue weighted by atomic mass is 32.2. The fourth-order valence-corrected chi connectivity index (χ4v) is 4.28. The summed E-state index contributed by atoms with van der Waals surface area (Å²) < 4.78 is 40.0. The molecule has 0 bridgehead atoms. The number of benzene rings is 1. The quantitative estimate of drug-likeness (QED) is 0.779. The third kappa shape index (κ3) is 3.50. The number of aryl methyl sites for hydroxylation is 1. The standard InChI is InChI=1S/C17H26BNO5S/c1-11-6-7-14(25(21,22)19-12-8-13(20)9-12)10-15(11)18-23-16(2,3)17(4,5)24-18/h6-7,10,12-13,19-20H,8-9H2,1-5H3. The average Bonchev–Trinajstić information content (AvgIpc) is 2.65. The van der Waals surface area contributed by atoms with Crippen LogP contribution in [0.3, 0.4) is 0 Å². The van der Waals surface area contributed by atoms with E-state index in [2.05, 4.69) is 4.72 Å². The summed E-state index contributed by atoms with van der Waals surface area (Å²) in [5.74, 6) is 0. The van der Waals surface area contributed by atoms with E-state index in [4.69, 9.17) is 9.31 Å². The van der Waals surface area contributed by atoms with E-state index in [-0.39, 0.29) is 10.9 Å². The van der Waals surface area contributed by atoms with Gasteiger partial charge in [-0.05, 0) is 65.1 Å². The van der Waals surface area contributed by atoms with Crippen LogP contribution in [0, 0.1) is 6.92 Å². The maximum atomic E-state index is 12.6. The van der Waals surface area contributed by atoms with Crippen molar-refractivity contribution in [2.75, 3.05) is 0 Å². The molecule has 1 saturated carbocycles. The Kier molecular flexibility index (Phi) is 4.57. The summed E-state index contributed by atoms with van der Waals surface area (Å²) >= 11 is 0. The third-order valence-corrected chi connectivity index (χ3v) is 7.02. The lowest BCUT2D eigenvalue weighted by molar-refractivity contribution is 0.00578. The highest BCUT2D eigenvalue weighted by Gasteiger charge is 2.52. The molecule has 0 amide bonds. The zero-order valence-electron chi connectivity index (χ0n) is 15.4. The number of rotatable bonds is 4. The van der Waals surface area contributed by atoms with Crippen LogP contribution in [0.5, 0.6) is 0 Å². The van der Waals surface area contributed by atoms with Gasteiger partial charge < -0.3 is 14.4 Å². The molecule has 2 aliphatic rings. The minimum Gasteiger partial charge on any atom is -0.399 e. The van der Waals surface area contributed by atoms with E-state index in [9.17, 15) is 13.5 Å². The summed E-state index contributed by atoms with van der Waals surface area (Å²) in [6, 6.07) is 4.77. The maximum Gasteiger partial charge on any atom is 0.495 e. The Morgan fingerprint density at radius 1 is 1.16 bits per heavy atom. The van der Waals surface area contributed by atoms with Crippen molar-refractivity contribution in [2.24, 2.45) is 0 Å². The Balaban J connectivity index is 1.86. The number of sulfonamides is 1. The predicted octanol–water partition coefficient (Wildman–Crippen LogP) is 1.10. The van der Waals surface area contributed by atoms with Crippen LogP contribution >= 0.6 is 0 Å². The van der Waals surface area contributed by atoms with E-state index in [1.807, 2.05) is 34.6 Å². The molecule has 1 aliphatic heterocycles. The SMILES string of the molecule is Cc1ccc(S(=O)(=O)NC2CC(O)C2)cc1B1OC(C)(C)C(C)(C)O1. The molecule has 1 saturated heterocycles. The molecule has 1 aliphatic carbocycles. The summed E-state index contributed by atoms with van der Waals surface area (Å²) in [5, 5.41) is 9.34. The number of aliphatic hydroxyl groups excluding tert-OH is 1. The Bertz CT molecular complexity index is 755. The number of nitrogens with one attached hydrogen (secondary N) is 1. The van der Waals surface area contributed by atoms with Crippen LogP contribution in [-0.4, -0.2) is 44.0 Å². The van der Waals surface area contributed by atoms with Crippen LogP contribution in [0.15, 0.2) is 23.1 Å². The number of aliphatic hydroxyl groups is 1. The second-order valence-corrected chi connectivity index (χ2v) is 9.76. The summed E-state index contributed by atoms with van der Waals surface area (Å²) in [7, 11) is -4.25. The molecule has 1 heterocycles. The molecule has 0 spiro atoms. The van der Waals surface area contributed by atoms with Gasteiger partial charge in [-0.1, -0.05) is 11.6 Å². The van der Waals surface area contributed by atoms with E-state index in [1.165, 1.54) is 0 Å². The van der Waals surface area contributed by atoms with Crippen LogP contribution in [-0.2, 0) is 19.3 Å². The molecule has 2 fully saturated rings. The van der Waals surface area contributed by atoms with E-state index < -0.39 is 34.4 Å². The second-order valence-electron chi connectivity index (χ2n) is 8.05. The van der Waals surface area contributed by atoms with Crippen LogP contribution < -0.4 is 10.2 Å². The van der Waals surface area contributed by atoms with Crippen molar-refractivity contribution in [3.05, 3.63) is 23.8 Å². The lowest BCUT2D eigenvalue weighted by atomic mass is 9.76. The molecule has 8 heteroatoms. The molecule has 138 valence electrons. The maximum absolute atomic E-state index is 12.6. The van der Waals surface area contributed by atoms with E-state index in [0.29, 0.717) is 12.8 Å². The monoisotopic (exact) mass is 367 g/mol. The lowest BCUT2D eigenvalue weighted by Gasteiger charge is -2.32. The minimum atomic E-state index is -3.64. The highest BCUT2D eigenvalue weighted by molar-refractivity contribution is 7.89. The van der Waals surface area contributed by atoms with Crippen LogP contribution in [0.25, 0.3) is 0 Å². The third-order valence-electron chi connectivity index (χ3n) is 5.50. The van der Waals surface area contributed by atoms with E-state index in [1.54, 1.807) is 18.2 Å². The van der Waals surface area contributed by atoms with Gasteiger partial charge in [-0.25, -0.2) is 13.1 Å². The molecule has 25 heavy (non-hydrogen) atoms. The molecule has 0 radical (unpaired) electrons. The molecule has 6 nitrogen and oxygen atoms in total. The lowest BCUT2D eigenvalue weighted by Crippen LogP contribution is -2.46. The van der Waals surface area contributed by atoms with Crippen LogP contribution in [0.1, 0.15) is 46.1 Å². The van der Waals surface area contributed by atoms with Crippen molar-refractivity contribution < 1.29 is 22.8 Å². The van der Waals surface area contributed by atoms with Gasteiger partial charge in [0.25, 0.3) is 0 Å². The topological polar surface area (TPSA) is 84.9 Å². The molecule has 1 aromatic rings. The summed E-state index contributed by atoms with van der Waals surface area (Å²) in [6.45, 7) is 9.77. The van der Waals surface area contributed by atoms with Crippen molar-refractivity contribution >= 4 is 22.6 Å². The number of hydrogen-bond acceptors (Lipinski definition) is 5. The van der Waals surface area contributed by atoms with Crippen molar-refractivity contribution in [2.45, 2.75) is 75.7 Å². The molecule has 0 aromatic heterocycles. The van der Waals surface area contributed by atoms with Crippen LogP contribution in [0.4, 0.5) is 0 Å². The predicted molar refractivity (Wildman–Crippen MR) is 96.2 cm³/mol. The first-order valence-corrected chi connectivity index (χ1v) is 10.1. The normalized spacial score (nSPS) is 28.0. The van der Waals surface area contributed by atoms with Gasteiger partial charge in [-0.3, -0.25) is 0 Å².